The molecule has 1 aromatic rings. The van der Waals surface area contributed by atoms with Crippen LogP contribution in [0.5, 0.6) is 0 Å². The Morgan fingerprint density at radius 1 is 1.23 bits per heavy atom. The van der Waals surface area contributed by atoms with Crippen LogP contribution in [0.15, 0.2) is 0 Å². The van der Waals surface area contributed by atoms with Crippen molar-refractivity contribution in [3.8, 4) is 0 Å². The average Bonchev–Trinajstić information content (AvgIpc) is 3.08. The molecule has 7 heteroatoms. The van der Waals surface area contributed by atoms with E-state index in [1.165, 1.54) is 6.42 Å². The van der Waals surface area contributed by atoms with Crippen LogP contribution in [0.1, 0.15) is 28.2 Å². The van der Waals surface area contributed by atoms with Crippen LogP contribution in [0.3, 0.4) is 0 Å². The van der Waals surface area contributed by atoms with Gasteiger partial charge < -0.3 is 10.2 Å². The molecule has 2 aliphatic heterocycles. The van der Waals surface area contributed by atoms with E-state index in [2.05, 4.69) is 15.3 Å². The molecule has 2 fully saturated rings. The fraction of sp³-hybridized carbons (Fsp3) is 0.733. The third-order valence-electron chi connectivity index (χ3n) is 4.88. The van der Waals surface area contributed by atoms with Crippen molar-refractivity contribution in [3.63, 3.8) is 0 Å². The number of aryl methyl sites for hydroxylation is 2. The van der Waals surface area contributed by atoms with Crippen LogP contribution in [0.4, 0.5) is 0 Å². The topological polar surface area (TPSA) is 53.4 Å². The maximum absolute atomic E-state index is 12.7. The van der Waals surface area contributed by atoms with Gasteiger partial charge >= 0.3 is 0 Å². The summed E-state index contributed by atoms with van der Waals surface area (Å²) in [6.07, 6.45) is 1.23. The first-order valence-electron chi connectivity index (χ1n) is 7.82. The number of nitrogens with zero attached hydrogens (tertiary/aromatic N) is 4. The van der Waals surface area contributed by atoms with Gasteiger partial charge in [-0.05, 0) is 26.8 Å². The first-order valence-corrected chi connectivity index (χ1v) is 7.82. The van der Waals surface area contributed by atoms with Gasteiger partial charge in [-0.2, -0.15) is 5.10 Å². The van der Waals surface area contributed by atoms with Crippen LogP contribution in [0.2, 0.25) is 0 Å². The number of amides is 1. The number of piperazine rings is 1. The highest BCUT2D eigenvalue weighted by Gasteiger charge is 2.30. The third-order valence-corrected chi connectivity index (χ3v) is 4.88. The fourth-order valence-electron chi connectivity index (χ4n) is 3.48. The van der Waals surface area contributed by atoms with Crippen molar-refractivity contribution in [1.82, 2.24) is 24.9 Å². The molecule has 1 aromatic heterocycles. The molecule has 0 radical (unpaired) electrons. The SMILES string of the molecule is Cc1nn(C)c(C)c1C(=O)N1CCN(C2CCNC2)CC1.Cl. The minimum atomic E-state index is 0. The number of carbonyl (C=O) groups excluding carboxylic acids is 1. The zero-order chi connectivity index (χ0) is 15.0. The van der Waals surface area contributed by atoms with Gasteiger partial charge in [0.1, 0.15) is 0 Å². The molecule has 2 saturated heterocycles. The molecule has 1 atom stereocenters. The van der Waals surface area contributed by atoms with Crippen molar-refractivity contribution in [2.45, 2.75) is 26.3 Å². The average molecular weight is 328 g/mol. The van der Waals surface area contributed by atoms with Gasteiger partial charge in [0.25, 0.3) is 5.91 Å². The highest BCUT2D eigenvalue weighted by Crippen LogP contribution is 2.18. The Labute approximate surface area is 138 Å². The van der Waals surface area contributed by atoms with Crippen molar-refractivity contribution in [3.05, 3.63) is 17.0 Å². The number of nitrogens with one attached hydrogen (secondary N) is 1. The molecule has 124 valence electrons. The highest BCUT2D eigenvalue weighted by molar-refractivity contribution is 5.96. The molecule has 3 heterocycles. The van der Waals surface area contributed by atoms with E-state index in [0.717, 1.165) is 56.2 Å². The van der Waals surface area contributed by atoms with Crippen LogP contribution in [-0.4, -0.2) is 70.8 Å². The van der Waals surface area contributed by atoms with Crippen LogP contribution in [0, 0.1) is 13.8 Å². The predicted octanol–water partition coefficient (Wildman–Crippen LogP) is 0.578. The Bertz CT molecular complexity index is 530. The van der Waals surface area contributed by atoms with Gasteiger partial charge in [0.05, 0.1) is 11.3 Å². The Morgan fingerprint density at radius 3 is 2.41 bits per heavy atom. The zero-order valence-electron chi connectivity index (χ0n) is 13.6. The molecule has 0 aliphatic carbocycles. The Hall–Kier alpha value is -1.11. The first kappa shape index (κ1) is 17.2. The lowest BCUT2D eigenvalue weighted by Gasteiger charge is -2.37. The van der Waals surface area contributed by atoms with E-state index in [4.69, 9.17) is 0 Å². The maximum atomic E-state index is 12.7. The third kappa shape index (κ3) is 3.14. The summed E-state index contributed by atoms with van der Waals surface area (Å²) >= 11 is 0. The van der Waals surface area contributed by atoms with Gasteiger partial charge in [0, 0.05) is 51.5 Å². The maximum Gasteiger partial charge on any atom is 0.257 e. The number of halogens is 1. The first-order chi connectivity index (χ1) is 10.1. The molecule has 22 heavy (non-hydrogen) atoms. The Kier molecular flexibility index (Phi) is 5.47. The molecule has 3 rings (SSSR count). The molecule has 0 bridgehead atoms. The van der Waals surface area contributed by atoms with E-state index in [0.29, 0.717) is 6.04 Å². The summed E-state index contributed by atoms with van der Waals surface area (Å²) in [6, 6.07) is 0.657. The minimum absolute atomic E-state index is 0. The second-order valence-electron chi connectivity index (χ2n) is 6.14. The van der Waals surface area contributed by atoms with Gasteiger partial charge in [0.2, 0.25) is 0 Å². The van der Waals surface area contributed by atoms with E-state index >= 15 is 0 Å². The molecule has 6 nitrogen and oxygen atoms in total. The quantitative estimate of drug-likeness (QED) is 0.863. The molecule has 0 saturated carbocycles. The van der Waals surface area contributed by atoms with Crippen molar-refractivity contribution < 1.29 is 4.79 Å². The second-order valence-corrected chi connectivity index (χ2v) is 6.14. The summed E-state index contributed by atoms with van der Waals surface area (Å²) in [5, 5.41) is 7.77. The van der Waals surface area contributed by atoms with Crippen molar-refractivity contribution in [1.29, 1.82) is 0 Å². The fourth-order valence-corrected chi connectivity index (χ4v) is 3.48. The molecule has 1 unspecified atom stereocenters. The smallest absolute Gasteiger partial charge is 0.257 e. The zero-order valence-corrected chi connectivity index (χ0v) is 14.4. The Balaban J connectivity index is 0.00000176. The normalized spacial score (nSPS) is 22.7. The van der Waals surface area contributed by atoms with Gasteiger partial charge in [0.15, 0.2) is 0 Å². The second kappa shape index (κ2) is 6.98. The van der Waals surface area contributed by atoms with Crippen LogP contribution in [-0.2, 0) is 7.05 Å². The van der Waals surface area contributed by atoms with E-state index in [1.54, 1.807) is 4.68 Å². The number of carbonyl (C=O) groups is 1. The summed E-state index contributed by atoms with van der Waals surface area (Å²) in [7, 11) is 1.89. The van der Waals surface area contributed by atoms with E-state index in [1.807, 2.05) is 25.8 Å². The van der Waals surface area contributed by atoms with E-state index in [9.17, 15) is 4.79 Å². The van der Waals surface area contributed by atoms with E-state index in [-0.39, 0.29) is 18.3 Å². The molecular formula is C15H26ClN5O. The molecule has 0 aromatic carbocycles. The largest absolute Gasteiger partial charge is 0.336 e. The summed E-state index contributed by atoms with van der Waals surface area (Å²) in [6.45, 7) is 9.71. The molecule has 1 N–H and O–H groups in total. The summed E-state index contributed by atoms with van der Waals surface area (Å²) in [4.78, 5) is 17.2. The number of aromatic nitrogens is 2. The van der Waals surface area contributed by atoms with Crippen LogP contribution >= 0.6 is 12.4 Å². The van der Waals surface area contributed by atoms with Crippen molar-refractivity contribution in [2.75, 3.05) is 39.3 Å². The summed E-state index contributed by atoms with van der Waals surface area (Å²) in [5.41, 5.74) is 2.58. The molecule has 2 aliphatic rings. The number of hydrogen-bond acceptors (Lipinski definition) is 4. The van der Waals surface area contributed by atoms with Crippen molar-refractivity contribution >= 4 is 18.3 Å². The standard InChI is InChI=1S/C15H25N5O.ClH/c1-11-14(12(2)18(3)17-11)15(21)20-8-6-19(7-9-20)13-4-5-16-10-13;/h13,16H,4-10H2,1-3H3;1H. The monoisotopic (exact) mass is 327 g/mol. The molecule has 1 amide bonds. The Morgan fingerprint density at radius 2 is 1.91 bits per heavy atom. The van der Waals surface area contributed by atoms with Gasteiger partial charge in [-0.15, -0.1) is 12.4 Å². The number of hydrogen-bond donors (Lipinski definition) is 1. The number of rotatable bonds is 2. The highest BCUT2D eigenvalue weighted by atomic mass is 35.5. The van der Waals surface area contributed by atoms with E-state index < -0.39 is 0 Å². The van der Waals surface area contributed by atoms with Gasteiger partial charge in [-0.3, -0.25) is 14.4 Å². The minimum Gasteiger partial charge on any atom is -0.336 e. The summed E-state index contributed by atoms with van der Waals surface area (Å²) < 4.78 is 1.79. The summed E-state index contributed by atoms with van der Waals surface area (Å²) in [5.74, 6) is 0.141. The van der Waals surface area contributed by atoms with Crippen molar-refractivity contribution in [2.24, 2.45) is 7.05 Å². The lowest BCUT2D eigenvalue weighted by Crippen LogP contribution is -2.52. The predicted molar refractivity (Wildman–Crippen MR) is 88.7 cm³/mol. The molecule has 0 spiro atoms. The van der Waals surface area contributed by atoms with Gasteiger partial charge in [-0.1, -0.05) is 0 Å². The van der Waals surface area contributed by atoms with Crippen LogP contribution < -0.4 is 5.32 Å². The lowest BCUT2D eigenvalue weighted by molar-refractivity contribution is 0.0582. The van der Waals surface area contributed by atoms with Gasteiger partial charge in [-0.25, -0.2) is 0 Å². The van der Waals surface area contributed by atoms with Crippen LogP contribution in [0.25, 0.3) is 0 Å². The molecular weight excluding hydrogens is 302 g/mol. The lowest BCUT2D eigenvalue weighted by atomic mass is 10.1.